The van der Waals surface area contributed by atoms with Crippen molar-refractivity contribution < 1.29 is 4.74 Å². The van der Waals surface area contributed by atoms with Crippen LogP contribution in [0.5, 0.6) is 5.75 Å². The highest BCUT2D eigenvalue weighted by Crippen LogP contribution is 2.43. The van der Waals surface area contributed by atoms with Crippen molar-refractivity contribution in [3.8, 4) is 5.75 Å². The summed E-state index contributed by atoms with van der Waals surface area (Å²) in [5.74, 6) is 0.999. The smallest absolute Gasteiger partial charge is 0.128 e. The minimum Gasteiger partial charge on any atom is -0.496 e. The molecule has 0 bridgehead atoms. The summed E-state index contributed by atoms with van der Waals surface area (Å²) in [6, 6.07) is 0. The van der Waals surface area contributed by atoms with Crippen LogP contribution in [0.15, 0.2) is 6.20 Å². The second-order valence-corrected chi connectivity index (χ2v) is 5.61. The monoisotopic (exact) mass is 248 g/mol. The van der Waals surface area contributed by atoms with E-state index in [1.165, 1.54) is 30.5 Å². The van der Waals surface area contributed by atoms with E-state index >= 15 is 0 Å². The first-order valence-corrected chi connectivity index (χ1v) is 6.75. The van der Waals surface area contributed by atoms with Crippen molar-refractivity contribution in [3.05, 3.63) is 23.0 Å². The Balaban J connectivity index is 2.23. The second kappa shape index (κ2) is 5.27. The first-order chi connectivity index (χ1) is 8.62. The minimum absolute atomic E-state index is 0.423. The summed E-state index contributed by atoms with van der Waals surface area (Å²) in [6.07, 6.45) is 6.98. The number of ether oxygens (including phenoxy) is 1. The Hall–Kier alpha value is -1.09. The molecule has 0 aliphatic heterocycles. The molecular formula is C15H24N2O. The van der Waals surface area contributed by atoms with Gasteiger partial charge in [-0.3, -0.25) is 4.98 Å². The van der Waals surface area contributed by atoms with Crippen molar-refractivity contribution in [3.63, 3.8) is 0 Å². The Morgan fingerprint density at radius 2 is 2.11 bits per heavy atom. The fourth-order valence-corrected chi connectivity index (χ4v) is 3.07. The van der Waals surface area contributed by atoms with Gasteiger partial charge in [0.2, 0.25) is 0 Å². The highest BCUT2D eigenvalue weighted by molar-refractivity contribution is 5.41. The van der Waals surface area contributed by atoms with E-state index in [-0.39, 0.29) is 0 Å². The van der Waals surface area contributed by atoms with Gasteiger partial charge in [0, 0.05) is 29.6 Å². The predicted molar refractivity (Wildman–Crippen MR) is 74.2 cm³/mol. The topological polar surface area (TPSA) is 34.2 Å². The Morgan fingerprint density at radius 1 is 1.39 bits per heavy atom. The lowest BCUT2D eigenvalue weighted by Gasteiger charge is -2.42. The summed E-state index contributed by atoms with van der Waals surface area (Å²) < 4.78 is 5.49. The Kier molecular flexibility index (Phi) is 3.91. The summed E-state index contributed by atoms with van der Waals surface area (Å²) in [5.41, 5.74) is 3.95. The predicted octanol–water partition coefficient (Wildman–Crippen LogP) is 2.64. The molecule has 0 aromatic carbocycles. The summed E-state index contributed by atoms with van der Waals surface area (Å²) in [7, 11) is 3.78. The quantitative estimate of drug-likeness (QED) is 0.870. The van der Waals surface area contributed by atoms with Gasteiger partial charge < -0.3 is 10.1 Å². The van der Waals surface area contributed by atoms with Crippen LogP contribution in [0.4, 0.5) is 0 Å². The van der Waals surface area contributed by atoms with Crippen molar-refractivity contribution in [2.75, 3.05) is 20.7 Å². The van der Waals surface area contributed by atoms with Crippen molar-refractivity contribution in [1.29, 1.82) is 0 Å². The lowest BCUT2D eigenvalue weighted by molar-refractivity contribution is 0.131. The number of aromatic nitrogens is 1. The van der Waals surface area contributed by atoms with E-state index in [0.717, 1.165) is 24.3 Å². The van der Waals surface area contributed by atoms with Crippen LogP contribution in [-0.2, 0) is 6.42 Å². The summed E-state index contributed by atoms with van der Waals surface area (Å²) in [6.45, 7) is 5.26. The number of hydrogen-bond acceptors (Lipinski definition) is 3. The van der Waals surface area contributed by atoms with Gasteiger partial charge in [0.15, 0.2) is 0 Å². The number of nitrogens with zero attached hydrogens (tertiary/aromatic N) is 1. The number of methoxy groups -OCH3 is 1. The van der Waals surface area contributed by atoms with E-state index in [1.807, 2.05) is 13.2 Å². The van der Waals surface area contributed by atoms with Crippen molar-refractivity contribution in [2.24, 2.45) is 5.41 Å². The molecule has 100 valence electrons. The summed E-state index contributed by atoms with van der Waals surface area (Å²) in [4.78, 5) is 4.63. The van der Waals surface area contributed by atoms with Crippen molar-refractivity contribution in [2.45, 2.75) is 39.5 Å². The maximum atomic E-state index is 5.49. The zero-order chi connectivity index (χ0) is 13.2. The number of nitrogens with one attached hydrogen (secondary N) is 1. The molecule has 0 radical (unpaired) electrons. The molecule has 3 heteroatoms. The molecule has 1 aliphatic rings. The van der Waals surface area contributed by atoms with E-state index in [1.54, 1.807) is 7.11 Å². The first kappa shape index (κ1) is 13.3. The van der Waals surface area contributed by atoms with Gasteiger partial charge in [-0.15, -0.1) is 0 Å². The molecule has 0 spiro atoms. The van der Waals surface area contributed by atoms with Gasteiger partial charge in [-0.2, -0.15) is 0 Å². The molecule has 0 unspecified atom stereocenters. The molecule has 0 saturated heterocycles. The van der Waals surface area contributed by atoms with Crippen LogP contribution in [0.25, 0.3) is 0 Å². The van der Waals surface area contributed by atoms with Gasteiger partial charge in [-0.1, -0.05) is 6.42 Å². The number of hydrogen-bond donors (Lipinski definition) is 1. The lowest BCUT2D eigenvalue weighted by Crippen LogP contribution is -2.40. The van der Waals surface area contributed by atoms with Crippen molar-refractivity contribution in [1.82, 2.24) is 10.3 Å². The van der Waals surface area contributed by atoms with Gasteiger partial charge in [0.1, 0.15) is 5.75 Å². The van der Waals surface area contributed by atoms with E-state index in [2.05, 4.69) is 24.1 Å². The molecule has 0 atom stereocenters. The van der Waals surface area contributed by atoms with Crippen LogP contribution in [0.2, 0.25) is 0 Å². The van der Waals surface area contributed by atoms with Crippen LogP contribution in [-0.4, -0.2) is 25.7 Å². The van der Waals surface area contributed by atoms with E-state index in [9.17, 15) is 0 Å². The zero-order valence-corrected chi connectivity index (χ0v) is 12.0. The van der Waals surface area contributed by atoms with E-state index < -0.39 is 0 Å². The molecule has 3 nitrogen and oxygen atoms in total. The van der Waals surface area contributed by atoms with Crippen LogP contribution in [0.3, 0.4) is 0 Å². The summed E-state index contributed by atoms with van der Waals surface area (Å²) >= 11 is 0. The molecule has 1 saturated carbocycles. The van der Waals surface area contributed by atoms with Gasteiger partial charge in [0.05, 0.1) is 7.11 Å². The maximum Gasteiger partial charge on any atom is 0.128 e. The van der Waals surface area contributed by atoms with Crippen LogP contribution in [0, 0.1) is 19.3 Å². The third-order valence-corrected chi connectivity index (χ3v) is 4.26. The Bertz CT molecular complexity index is 425. The summed E-state index contributed by atoms with van der Waals surface area (Å²) in [5, 5.41) is 3.33. The number of rotatable bonds is 5. The number of pyridine rings is 1. The zero-order valence-electron chi connectivity index (χ0n) is 12.0. The molecule has 0 amide bonds. The lowest BCUT2D eigenvalue weighted by atomic mass is 9.65. The largest absolute Gasteiger partial charge is 0.496 e. The molecule has 1 heterocycles. The molecular weight excluding hydrogens is 224 g/mol. The Labute approximate surface area is 110 Å². The second-order valence-electron chi connectivity index (χ2n) is 5.61. The first-order valence-electron chi connectivity index (χ1n) is 6.75. The molecule has 18 heavy (non-hydrogen) atoms. The fourth-order valence-electron chi connectivity index (χ4n) is 3.07. The van der Waals surface area contributed by atoms with Gasteiger partial charge in [-0.05, 0) is 45.6 Å². The molecule has 1 aromatic rings. The van der Waals surface area contributed by atoms with E-state index in [4.69, 9.17) is 4.74 Å². The standard InChI is InChI=1S/C15H24N2O/c1-11-9-17-13(12(2)14(11)18-4)8-15(10-16-3)6-5-7-15/h9,16H,5-8,10H2,1-4H3. The third-order valence-electron chi connectivity index (χ3n) is 4.26. The fraction of sp³-hybridized carbons (Fsp3) is 0.667. The number of aryl methyl sites for hydroxylation is 1. The minimum atomic E-state index is 0.423. The van der Waals surface area contributed by atoms with Gasteiger partial charge in [-0.25, -0.2) is 0 Å². The SMILES string of the molecule is CNCC1(Cc2ncc(C)c(OC)c2C)CCC1. The Morgan fingerprint density at radius 3 is 2.61 bits per heavy atom. The average molecular weight is 248 g/mol. The maximum absolute atomic E-state index is 5.49. The van der Waals surface area contributed by atoms with E-state index in [0.29, 0.717) is 5.41 Å². The van der Waals surface area contributed by atoms with Crippen LogP contribution >= 0.6 is 0 Å². The molecule has 1 aromatic heterocycles. The molecule has 1 fully saturated rings. The highest BCUT2D eigenvalue weighted by Gasteiger charge is 2.37. The molecule has 2 rings (SSSR count). The third kappa shape index (κ3) is 2.37. The van der Waals surface area contributed by atoms with Crippen LogP contribution < -0.4 is 10.1 Å². The highest BCUT2D eigenvalue weighted by atomic mass is 16.5. The molecule has 1 aliphatic carbocycles. The molecule has 1 N–H and O–H groups in total. The van der Waals surface area contributed by atoms with Gasteiger partial charge in [0.25, 0.3) is 0 Å². The van der Waals surface area contributed by atoms with Crippen molar-refractivity contribution >= 4 is 0 Å². The van der Waals surface area contributed by atoms with Crippen LogP contribution in [0.1, 0.15) is 36.1 Å². The average Bonchev–Trinajstić information content (AvgIpc) is 2.30. The normalized spacial score (nSPS) is 17.3. The van der Waals surface area contributed by atoms with Gasteiger partial charge >= 0.3 is 0 Å².